The van der Waals surface area contributed by atoms with Gasteiger partial charge in [0.25, 0.3) is 0 Å². The third-order valence-corrected chi connectivity index (χ3v) is 2.47. The Bertz CT molecular complexity index is 469. The first-order valence-electron chi connectivity index (χ1n) is 5.96. The maximum Gasteiger partial charge on any atom is 0.329 e. The Hall–Kier alpha value is -2.37. The SMILES string of the molecule is CC[C@@H](C)NC(=O)C(=O)N/N=C\c1ccc(O)cc1. The zero-order chi connectivity index (χ0) is 14.3. The van der Waals surface area contributed by atoms with E-state index in [2.05, 4.69) is 15.8 Å². The first-order chi connectivity index (χ1) is 9.02. The Balaban J connectivity index is 2.45. The van der Waals surface area contributed by atoms with Crippen molar-refractivity contribution in [3.63, 3.8) is 0 Å². The highest BCUT2D eigenvalue weighted by Gasteiger charge is 2.14. The summed E-state index contributed by atoms with van der Waals surface area (Å²) in [4.78, 5) is 22.7. The van der Waals surface area contributed by atoms with E-state index in [-0.39, 0.29) is 11.8 Å². The number of hydrazone groups is 1. The lowest BCUT2D eigenvalue weighted by molar-refractivity contribution is -0.139. The summed E-state index contributed by atoms with van der Waals surface area (Å²) in [5.74, 6) is -1.37. The molecular formula is C13H17N3O3. The second kappa shape index (κ2) is 7.15. The zero-order valence-electron chi connectivity index (χ0n) is 10.9. The van der Waals surface area contributed by atoms with Crippen LogP contribution in [0.2, 0.25) is 0 Å². The van der Waals surface area contributed by atoms with Gasteiger partial charge in [-0.3, -0.25) is 9.59 Å². The molecule has 102 valence electrons. The highest BCUT2D eigenvalue weighted by molar-refractivity contribution is 6.35. The Morgan fingerprint density at radius 3 is 2.53 bits per heavy atom. The van der Waals surface area contributed by atoms with Crippen molar-refractivity contribution in [2.45, 2.75) is 26.3 Å². The van der Waals surface area contributed by atoms with Crippen molar-refractivity contribution in [2.75, 3.05) is 0 Å². The Morgan fingerprint density at radius 1 is 1.32 bits per heavy atom. The van der Waals surface area contributed by atoms with Crippen molar-refractivity contribution >= 4 is 18.0 Å². The molecule has 1 rings (SSSR count). The lowest BCUT2D eigenvalue weighted by atomic mass is 10.2. The molecule has 1 aromatic carbocycles. The second-order valence-electron chi connectivity index (χ2n) is 4.07. The first-order valence-corrected chi connectivity index (χ1v) is 5.96. The number of rotatable bonds is 4. The van der Waals surface area contributed by atoms with Gasteiger partial charge < -0.3 is 10.4 Å². The molecule has 0 unspecified atom stereocenters. The van der Waals surface area contributed by atoms with E-state index >= 15 is 0 Å². The predicted octanol–water partition coefficient (Wildman–Crippen LogP) is 0.757. The minimum atomic E-state index is -0.810. The molecule has 0 aliphatic carbocycles. The summed E-state index contributed by atoms with van der Waals surface area (Å²) in [6, 6.07) is 6.20. The van der Waals surface area contributed by atoms with E-state index in [0.29, 0.717) is 5.56 Å². The van der Waals surface area contributed by atoms with Crippen LogP contribution in [0, 0.1) is 0 Å². The quantitative estimate of drug-likeness (QED) is 0.425. The molecule has 0 saturated carbocycles. The summed E-state index contributed by atoms with van der Waals surface area (Å²) in [7, 11) is 0. The summed E-state index contributed by atoms with van der Waals surface area (Å²) in [6.45, 7) is 3.72. The number of amides is 2. The number of benzene rings is 1. The van der Waals surface area contributed by atoms with Gasteiger partial charge in [-0.25, -0.2) is 5.43 Å². The topological polar surface area (TPSA) is 90.8 Å². The van der Waals surface area contributed by atoms with Gasteiger partial charge in [0.15, 0.2) is 0 Å². The first kappa shape index (κ1) is 14.7. The Morgan fingerprint density at radius 2 is 1.95 bits per heavy atom. The van der Waals surface area contributed by atoms with E-state index in [0.717, 1.165) is 6.42 Å². The minimum absolute atomic E-state index is 0.0562. The maximum atomic E-state index is 11.4. The third-order valence-electron chi connectivity index (χ3n) is 2.47. The van der Waals surface area contributed by atoms with Gasteiger partial charge in [0.1, 0.15) is 5.75 Å². The molecule has 6 heteroatoms. The highest BCUT2D eigenvalue weighted by Crippen LogP contribution is 2.07. The number of nitrogens with zero attached hydrogens (tertiary/aromatic N) is 1. The fourth-order valence-electron chi connectivity index (χ4n) is 1.17. The molecular weight excluding hydrogens is 246 g/mol. The zero-order valence-corrected chi connectivity index (χ0v) is 10.9. The Labute approximate surface area is 111 Å². The van der Waals surface area contributed by atoms with Gasteiger partial charge in [-0.05, 0) is 43.2 Å². The smallest absolute Gasteiger partial charge is 0.329 e. The van der Waals surface area contributed by atoms with Gasteiger partial charge in [0, 0.05) is 6.04 Å². The van der Waals surface area contributed by atoms with Crippen LogP contribution < -0.4 is 10.7 Å². The standard InChI is InChI=1S/C13H17N3O3/c1-3-9(2)15-12(18)13(19)16-14-8-10-4-6-11(17)7-5-10/h4-9,17H,3H2,1-2H3,(H,15,18)(H,16,19)/b14-8-/t9-/m1/s1. The van der Waals surface area contributed by atoms with E-state index in [1.807, 2.05) is 13.8 Å². The van der Waals surface area contributed by atoms with Crippen LogP contribution >= 0.6 is 0 Å². The monoisotopic (exact) mass is 263 g/mol. The van der Waals surface area contributed by atoms with Crippen LogP contribution in [0.3, 0.4) is 0 Å². The molecule has 0 aliphatic heterocycles. The van der Waals surface area contributed by atoms with Crippen molar-refractivity contribution in [2.24, 2.45) is 5.10 Å². The van der Waals surface area contributed by atoms with Gasteiger partial charge in [-0.15, -0.1) is 0 Å². The van der Waals surface area contributed by atoms with Gasteiger partial charge in [0.2, 0.25) is 0 Å². The molecule has 19 heavy (non-hydrogen) atoms. The summed E-state index contributed by atoms with van der Waals surface area (Å²) in [5, 5.41) is 15.3. The molecule has 0 aromatic heterocycles. The van der Waals surface area contributed by atoms with E-state index in [1.54, 1.807) is 12.1 Å². The van der Waals surface area contributed by atoms with Crippen LogP contribution in [0.1, 0.15) is 25.8 Å². The molecule has 0 heterocycles. The highest BCUT2D eigenvalue weighted by atomic mass is 16.3. The lowest BCUT2D eigenvalue weighted by Gasteiger charge is -2.09. The van der Waals surface area contributed by atoms with E-state index in [9.17, 15) is 9.59 Å². The van der Waals surface area contributed by atoms with Crippen LogP contribution in [0.5, 0.6) is 5.75 Å². The average Bonchev–Trinajstić information content (AvgIpc) is 2.40. The van der Waals surface area contributed by atoms with Crippen molar-refractivity contribution in [3.05, 3.63) is 29.8 Å². The van der Waals surface area contributed by atoms with E-state index < -0.39 is 11.8 Å². The Kier molecular flexibility index (Phi) is 5.53. The molecule has 0 saturated heterocycles. The van der Waals surface area contributed by atoms with Crippen LogP contribution in [0.15, 0.2) is 29.4 Å². The van der Waals surface area contributed by atoms with Crippen molar-refractivity contribution in [3.8, 4) is 5.75 Å². The number of phenols is 1. The van der Waals surface area contributed by atoms with Gasteiger partial charge in [0.05, 0.1) is 6.21 Å². The van der Waals surface area contributed by atoms with Crippen molar-refractivity contribution in [1.29, 1.82) is 0 Å². The molecule has 3 N–H and O–H groups in total. The number of hydrogen-bond acceptors (Lipinski definition) is 4. The lowest BCUT2D eigenvalue weighted by Crippen LogP contribution is -2.41. The predicted molar refractivity (Wildman–Crippen MR) is 71.7 cm³/mol. The largest absolute Gasteiger partial charge is 0.508 e. The molecule has 6 nitrogen and oxygen atoms in total. The molecule has 0 fully saturated rings. The molecule has 0 bridgehead atoms. The minimum Gasteiger partial charge on any atom is -0.508 e. The number of carbonyl (C=O) groups is 2. The van der Waals surface area contributed by atoms with Crippen LogP contribution in [-0.4, -0.2) is 29.2 Å². The summed E-state index contributed by atoms with van der Waals surface area (Å²) < 4.78 is 0. The number of phenolic OH excluding ortho intramolecular Hbond substituents is 1. The number of aromatic hydroxyl groups is 1. The number of nitrogens with one attached hydrogen (secondary N) is 2. The fourth-order valence-corrected chi connectivity index (χ4v) is 1.17. The molecule has 0 aliphatic rings. The normalized spacial score (nSPS) is 12.1. The van der Waals surface area contributed by atoms with Crippen molar-refractivity contribution < 1.29 is 14.7 Å². The molecule has 1 atom stereocenters. The average molecular weight is 263 g/mol. The number of carbonyl (C=O) groups excluding carboxylic acids is 2. The van der Waals surface area contributed by atoms with Gasteiger partial charge in [-0.2, -0.15) is 5.10 Å². The summed E-state index contributed by atoms with van der Waals surface area (Å²) in [6.07, 6.45) is 2.13. The van der Waals surface area contributed by atoms with Gasteiger partial charge >= 0.3 is 11.8 Å². The van der Waals surface area contributed by atoms with Crippen LogP contribution in [0.25, 0.3) is 0 Å². The number of hydrogen-bond donors (Lipinski definition) is 3. The summed E-state index contributed by atoms with van der Waals surface area (Å²) >= 11 is 0. The third kappa shape index (κ3) is 5.20. The maximum absolute atomic E-state index is 11.4. The molecule has 2 amide bonds. The molecule has 0 radical (unpaired) electrons. The van der Waals surface area contributed by atoms with Crippen molar-refractivity contribution in [1.82, 2.24) is 10.7 Å². The van der Waals surface area contributed by atoms with Gasteiger partial charge in [-0.1, -0.05) is 6.92 Å². The van der Waals surface area contributed by atoms with Crippen LogP contribution in [0.4, 0.5) is 0 Å². The second-order valence-corrected chi connectivity index (χ2v) is 4.07. The van der Waals surface area contributed by atoms with E-state index in [4.69, 9.17) is 5.11 Å². The fraction of sp³-hybridized carbons (Fsp3) is 0.308. The molecule has 1 aromatic rings. The van der Waals surface area contributed by atoms with E-state index in [1.165, 1.54) is 18.3 Å². The van der Waals surface area contributed by atoms with Crippen LogP contribution in [-0.2, 0) is 9.59 Å². The summed E-state index contributed by atoms with van der Waals surface area (Å²) in [5.41, 5.74) is 2.83. The molecule has 0 spiro atoms.